The summed E-state index contributed by atoms with van der Waals surface area (Å²) < 4.78 is 1.92. The third kappa shape index (κ3) is 3.23. The summed E-state index contributed by atoms with van der Waals surface area (Å²) in [6, 6.07) is 10.2. The summed E-state index contributed by atoms with van der Waals surface area (Å²) in [5.74, 6) is 0.167. The third-order valence-corrected chi connectivity index (χ3v) is 4.40. The van der Waals surface area contributed by atoms with Crippen molar-refractivity contribution in [1.29, 1.82) is 0 Å². The molecule has 0 spiro atoms. The number of hydrogen-bond acceptors (Lipinski definition) is 3. The van der Waals surface area contributed by atoms with Gasteiger partial charge in [0.25, 0.3) is 0 Å². The minimum atomic E-state index is 0.167. The van der Waals surface area contributed by atoms with Crippen molar-refractivity contribution in [3.05, 3.63) is 41.7 Å². The highest BCUT2D eigenvalue weighted by molar-refractivity contribution is 5.97. The highest BCUT2D eigenvalue weighted by Crippen LogP contribution is 2.31. The van der Waals surface area contributed by atoms with Crippen LogP contribution in [0, 0.1) is 13.8 Å². The number of hydrogen-bond donors (Lipinski definition) is 0. The second-order valence-corrected chi connectivity index (χ2v) is 6.21. The van der Waals surface area contributed by atoms with E-state index in [1.807, 2.05) is 47.7 Å². The molecule has 1 amide bonds. The van der Waals surface area contributed by atoms with Crippen LogP contribution in [0.3, 0.4) is 0 Å². The maximum Gasteiger partial charge on any atom is 0.228 e. The normalized spacial score (nSPS) is 14.6. The van der Waals surface area contributed by atoms with Gasteiger partial charge in [-0.2, -0.15) is 5.10 Å². The topological polar surface area (TPSA) is 41.4 Å². The quantitative estimate of drug-likeness (QED) is 0.875. The van der Waals surface area contributed by atoms with E-state index in [0.717, 1.165) is 42.3 Å². The molecule has 3 rings (SSSR count). The van der Waals surface area contributed by atoms with Crippen molar-refractivity contribution in [1.82, 2.24) is 9.78 Å². The first-order chi connectivity index (χ1) is 11.1. The highest BCUT2D eigenvalue weighted by atomic mass is 16.2. The summed E-state index contributed by atoms with van der Waals surface area (Å²) in [6.45, 7) is 6.38. The molecule has 0 radical (unpaired) electrons. The number of aryl methyl sites for hydroxylation is 3. The fourth-order valence-electron chi connectivity index (χ4n) is 3.22. The van der Waals surface area contributed by atoms with Gasteiger partial charge in [-0.25, -0.2) is 0 Å². The van der Waals surface area contributed by atoms with Crippen molar-refractivity contribution >= 4 is 17.3 Å². The van der Waals surface area contributed by atoms with Gasteiger partial charge in [0.1, 0.15) is 0 Å². The largest absolute Gasteiger partial charge is 0.373 e. The van der Waals surface area contributed by atoms with Crippen molar-refractivity contribution in [3.63, 3.8) is 0 Å². The van der Waals surface area contributed by atoms with Crippen molar-refractivity contribution in [2.75, 3.05) is 29.9 Å². The molecular formula is C18H24N4O. The number of carbonyl (C=O) groups excluding carboxylic acids is 1. The Kier molecular flexibility index (Phi) is 4.37. The standard InChI is InChI=1S/C18H24N4O/c1-14-13-15(2)22(19-14)12-9-18(23)21-11-6-10-20(3)16-7-4-5-8-17(16)21/h4-5,7-8,13H,6,9-12H2,1-3H3. The molecule has 0 aliphatic carbocycles. The van der Waals surface area contributed by atoms with Gasteiger partial charge in [0.15, 0.2) is 0 Å². The molecule has 2 heterocycles. The number of rotatable bonds is 3. The first kappa shape index (κ1) is 15.6. The minimum absolute atomic E-state index is 0.167. The minimum Gasteiger partial charge on any atom is -0.373 e. The molecule has 5 nitrogen and oxygen atoms in total. The second-order valence-electron chi connectivity index (χ2n) is 6.21. The lowest BCUT2D eigenvalue weighted by Gasteiger charge is -2.24. The van der Waals surface area contributed by atoms with E-state index in [9.17, 15) is 4.79 Å². The molecule has 0 bridgehead atoms. The van der Waals surface area contributed by atoms with Gasteiger partial charge >= 0.3 is 0 Å². The lowest BCUT2D eigenvalue weighted by molar-refractivity contribution is -0.118. The van der Waals surface area contributed by atoms with E-state index in [-0.39, 0.29) is 5.91 Å². The van der Waals surface area contributed by atoms with Crippen LogP contribution < -0.4 is 9.80 Å². The number of anilines is 2. The van der Waals surface area contributed by atoms with Gasteiger partial charge in [-0.05, 0) is 38.5 Å². The number of aromatic nitrogens is 2. The Morgan fingerprint density at radius 1 is 1.17 bits per heavy atom. The monoisotopic (exact) mass is 312 g/mol. The molecule has 122 valence electrons. The van der Waals surface area contributed by atoms with E-state index in [4.69, 9.17) is 0 Å². The fraction of sp³-hybridized carbons (Fsp3) is 0.444. The van der Waals surface area contributed by atoms with Gasteiger partial charge in [0.2, 0.25) is 5.91 Å². The molecule has 1 aromatic carbocycles. The van der Waals surface area contributed by atoms with Crippen LogP contribution in [0.4, 0.5) is 11.4 Å². The van der Waals surface area contributed by atoms with E-state index < -0.39 is 0 Å². The van der Waals surface area contributed by atoms with Crippen LogP contribution in [0.15, 0.2) is 30.3 Å². The van der Waals surface area contributed by atoms with Crippen LogP contribution in [0.2, 0.25) is 0 Å². The summed E-state index contributed by atoms with van der Waals surface area (Å²) >= 11 is 0. The lowest BCUT2D eigenvalue weighted by Crippen LogP contribution is -2.32. The van der Waals surface area contributed by atoms with Crippen molar-refractivity contribution < 1.29 is 4.79 Å². The SMILES string of the molecule is Cc1cc(C)n(CCC(=O)N2CCCN(C)c3ccccc32)n1. The zero-order valence-corrected chi connectivity index (χ0v) is 14.1. The number of benzene rings is 1. The maximum atomic E-state index is 12.8. The average molecular weight is 312 g/mol. The van der Waals surface area contributed by atoms with E-state index in [0.29, 0.717) is 13.0 Å². The summed E-state index contributed by atoms with van der Waals surface area (Å²) in [5.41, 5.74) is 4.25. The maximum absolute atomic E-state index is 12.8. The molecule has 1 aliphatic heterocycles. The van der Waals surface area contributed by atoms with E-state index in [1.54, 1.807) is 0 Å². The van der Waals surface area contributed by atoms with Crippen molar-refractivity contribution in [3.8, 4) is 0 Å². The van der Waals surface area contributed by atoms with Gasteiger partial charge in [0, 0.05) is 38.8 Å². The molecule has 1 aromatic heterocycles. The first-order valence-corrected chi connectivity index (χ1v) is 8.18. The van der Waals surface area contributed by atoms with Crippen LogP contribution >= 0.6 is 0 Å². The zero-order chi connectivity index (χ0) is 16.4. The highest BCUT2D eigenvalue weighted by Gasteiger charge is 2.22. The number of para-hydroxylation sites is 2. The Morgan fingerprint density at radius 3 is 2.61 bits per heavy atom. The van der Waals surface area contributed by atoms with Gasteiger partial charge < -0.3 is 9.80 Å². The van der Waals surface area contributed by atoms with Crippen LogP contribution in [-0.2, 0) is 11.3 Å². The van der Waals surface area contributed by atoms with Crippen LogP contribution in [0.5, 0.6) is 0 Å². The lowest BCUT2D eigenvalue weighted by atomic mass is 10.2. The molecule has 0 atom stereocenters. The van der Waals surface area contributed by atoms with Crippen LogP contribution in [0.25, 0.3) is 0 Å². The molecule has 23 heavy (non-hydrogen) atoms. The van der Waals surface area contributed by atoms with Crippen LogP contribution in [-0.4, -0.2) is 35.8 Å². The Balaban J connectivity index is 1.76. The predicted octanol–water partition coefficient (Wildman–Crippen LogP) is 2.76. The number of amides is 1. The van der Waals surface area contributed by atoms with E-state index >= 15 is 0 Å². The van der Waals surface area contributed by atoms with Gasteiger partial charge in [-0.3, -0.25) is 9.48 Å². The Morgan fingerprint density at radius 2 is 1.91 bits per heavy atom. The Labute approximate surface area is 137 Å². The van der Waals surface area contributed by atoms with E-state index in [2.05, 4.69) is 23.1 Å². The summed E-state index contributed by atoms with van der Waals surface area (Å²) in [5, 5.41) is 4.44. The molecule has 0 saturated heterocycles. The average Bonchev–Trinajstić information content (AvgIpc) is 2.76. The molecule has 5 heteroatoms. The summed E-state index contributed by atoms with van der Waals surface area (Å²) in [7, 11) is 2.09. The molecule has 2 aromatic rings. The van der Waals surface area contributed by atoms with E-state index in [1.165, 1.54) is 0 Å². The molecule has 0 saturated carbocycles. The van der Waals surface area contributed by atoms with Gasteiger partial charge in [-0.15, -0.1) is 0 Å². The third-order valence-electron chi connectivity index (χ3n) is 4.40. The van der Waals surface area contributed by atoms with Crippen molar-refractivity contribution in [2.24, 2.45) is 0 Å². The molecule has 0 unspecified atom stereocenters. The number of nitrogens with zero attached hydrogens (tertiary/aromatic N) is 4. The fourth-order valence-corrected chi connectivity index (χ4v) is 3.22. The molecule has 0 fully saturated rings. The van der Waals surface area contributed by atoms with Gasteiger partial charge in [0.05, 0.1) is 17.1 Å². The predicted molar refractivity (Wildman–Crippen MR) is 93.0 cm³/mol. The smallest absolute Gasteiger partial charge is 0.228 e. The number of carbonyl (C=O) groups is 1. The second kappa shape index (κ2) is 6.44. The summed E-state index contributed by atoms with van der Waals surface area (Å²) in [4.78, 5) is 16.9. The summed E-state index contributed by atoms with van der Waals surface area (Å²) in [6.07, 6.45) is 1.46. The molecular weight excluding hydrogens is 288 g/mol. The first-order valence-electron chi connectivity index (χ1n) is 8.18. The number of fused-ring (bicyclic) bond motifs is 1. The Hall–Kier alpha value is -2.30. The van der Waals surface area contributed by atoms with Crippen molar-refractivity contribution in [2.45, 2.75) is 33.2 Å². The Bertz CT molecular complexity index is 707. The van der Waals surface area contributed by atoms with Gasteiger partial charge in [-0.1, -0.05) is 12.1 Å². The zero-order valence-electron chi connectivity index (χ0n) is 14.1. The molecule has 0 N–H and O–H groups in total. The molecule has 1 aliphatic rings. The van der Waals surface area contributed by atoms with Crippen LogP contribution in [0.1, 0.15) is 24.2 Å².